The summed E-state index contributed by atoms with van der Waals surface area (Å²) in [6.45, 7) is 0. The van der Waals surface area contributed by atoms with Crippen LogP contribution < -0.4 is 10.1 Å². The maximum absolute atomic E-state index is 12.3. The van der Waals surface area contributed by atoms with Gasteiger partial charge in [-0.2, -0.15) is 0 Å². The Morgan fingerprint density at radius 2 is 2.14 bits per heavy atom. The van der Waals surface area contributed by atoms with Crippen LogP contribution in [0.15, 0.2) is 58.3 Å². The van der Waals surface area contributed by atoms with E-state index in [9.17, 15) is 4.79 Å². The minimum Gasteiger partial charge on any atom is -0.495 e. The van der Waals surface area contributed by atoms with E-state index in [4.69, 9.17) is 20.8 Å². The number of amides is 1. The normalized spacial score (nSPS) is 10.9. The summed E-state index contributed by atoms with van der Waals surface area (Å²) in [6.07, 6.45) is 1.82. The van der Waals surface area contributed by atoms with Crippen LogP contribution in [-0.4, -0.2) is 34.0 Å². The molecular weight excluding hydrogens is 400 g/mol. The number of methoxy groups -OCH3 is 1. The van der Waals surface area contributed by atoms with Crippen molar-refractivity contribution in [1.29, 1.82) is 0 Å². The quantitative estimate of drug-likeness (QED) is 0.447. The van der Waals surface area contributed by atoms with Crippen LogP contribution in [0.3, 0.4) is 0 Å². The number of aromatic nitrogens is 3. The lowest BCUT2D eigenvalue weighted by atomic mass is 10.2. The maximum Gasteiger partial charge on any atom is 0.277 e. The number of anilines is 1. The lowest BCUT2D eigenvalue weighted by molar-refractivity contribution is -0.113. The molecule has 0 saturated carbocycles. The Hall–Kier alpha value is -2.97. The standard InChI is InChI=1S/C19H15ClN4O3S/c1-26-16-7-6-11(20)8-15(16)22-17(25)10-28-19-24-23-18(27-19)13-9-21-14-5-3-2-4-12(13)14/h2-9,21H,10H2,1H3,(H,22,25). The third-order valence-electron chi connectivity index (χ3n) is 3.99. The number of rotatable bonds is 6. The van der Waals surface area contributed by atoms with Gasteiger partial charge in [-0.25, -0.2) is 0 Å². The Labute approximate surface area is 169 Å². The summed E-state index contributed by atoms with van der Waals surface area (Å²) >= 11 is 7.13. The predicted molar refractivity (Wildman–Crippen MR) is 109 cm³/mol. The first kappa shape index (κ1) is 18.4. The molecule has 0 atom stereocenters. The Morgan fingerprint density at radius 1 is 1.29 bits per heavy atom. The summed E-state index contributed by atoms with van der Waals surface area (Å²) < 4.78 is 10.9. The van der Waals surface area contributed by atoms with Gasteiger partial charge >= 0.3 is 0 Å². The van der Waals surface area contributed by atoms with Crippen molar-refractivity contribution in [2.75, 3.05) is 18.2 Å². The van der Waals surface area contributed by atoms with Crippen LogP contribution in [0.4, 0.5) is 5.69 Å². The van der Waals surface area contributed by atoms with E-state index < -0.39 is 0 Å². The van der Waals surface area contributed by atoms with Crippen LogP contribution in [-0.2, 0) is 4.79 Å². The van der Waals surface area contributed by atoms with Gasteiger partial charge in [0.1, 0.15) is 5.75 Å². The third kappa shape index (κ3) is 3.83. The number of carbonyl (C=O) groups excluding carboxylic acids is 1. The number of halogens is 1. The van der Waals surface area contributed by atoms with E-state index in [-0.39, 0.29) is 11.7 Å². The van der Waals surface area contributed by atoms with E-state index in [1.807, 2.05) is 30.5 Å². The lowest BCUT2D eigenvalue weighted by Crippen LogP contribution is -2.14. The molecule has 2 aromatic heterocycles. The molecule has 2 N–H and O–H groups in total. The number of benzene rings is 2. The van der Waals surface area contributed by atoms with Crippen LogP contribution in [0.25, 0.3) is 22.4 Å². The molecule has 4 rings (SSSR count). The molecule has 0 aliphatic heterocycles. The Bertz CT molecular complexity index is 1140. The lowest BCUT2D eigenvalue weighted by Gasteiger charge is -2.09. The minimum atomic E-state index is -0.239. The largest absolute Gasteiger partial charge is 0.495 e. The number of nitrogens with one attached hydrogen (secondary N) is 2. The fourth-order valence-corrected chi connectivity index (χ4v) is 3.45. The molecule has 1 amide bonds. The van der Waals surface area contributed by atoms with Gasteiger partial charge in [-0.15, -0.1) is 10.2 Å². The van der Waals surface area contributed by atoms with Crippen LogP contribution >= 0.6 is 23.4 Å². The van der Waals surface area contributed by atoms with Crippen LogP contribution in [0.1, 0.15) is 0 Å². The molecule has 142 valence electrons. The van der Waals surface area contributed by atoms with E-state index in [1.165, 1.54) is 7.11 Å². The average molecular weight is 415 g/mol. The van der Waals surface area contributed by atoms with Gasteiger partial charge in [0.2, 0.25) is 5.91 Å². The molecule has 0 radical (unpaired) electrons. The summed E-state index contributed by atoms with van der Waals surface area (Å²) in [5, 5.41) is 12.7. The number of aromatic amines is 1. The van der Waals surface area contributed by atoms with Gasteiger partial charge in [0.25, 0.3) is 11.1 Å². The number of hydrogen-bond acceptors (Lipinski definition) is 6. The van der Waals surface area contributed by atoms with Gasteiger partial charge < -0.3 is 19.5 Å². The molecule has 4 aromatic rings. The Morgan fingerprint density at radius 3 is 3.00 bits per heavy atom. The molecule has 0 aliphatic carbocycles. The van der Waals surface area contributed by atoms with Crippen molar-refractivity contribution >= 4 is 45.9 Å². The summed E-state index contributed by atoms with van der Waals surface area (Å²) in [5.74, 6) is 0.794. The molecule has 0 bridgehead atoms. The van der Waals surface area contributed by atoms with E-state index >= 15 is 0 Å². The molecule has 28 heavy (non-hydrogen) atoms. The first-order chi connectivity index (χ1) is 13.6. The molecule has 2 heterocycles. The van der Waals surface area contributed by atoms with E-state index in [2.05, 4.69) is 20.5 Å². The monoisotopic (exact) mass is 414 g/mol. The van der Waals surface area contributed by atoms with Crippen LogP contribution in [0.5, 0.6) is 5.75 Å². The second-order valence-corrected chi connectivity index (χ2v) is 7.17. The fourth-order valence-electron chi connectivity index (χ4n) is 2.72. The predicted octanol–water partition coefficient (Wildman–Crippen LogP) is 4.61. The van der Waals surface area contributed by atoms with E-state index in [0.717, 1.165) is 28.2 Å². The van der Waals surface area contributed by atoms with Gasteiger partial charge in [-0.1, -0.05) is 41.6 Å². The molecule has 0 saturated heterocycles. The van der Waals surface area contributed by atoms with Crippen molar-refractivity contribution in [3.05, 3.63) is 53.7 Å². The number of nitrogens with zero attached hydrogens (tertiary/aromatic N) is 2. The zero-order valence-corrected chi connectivity index (χ0v) is 16.3. The molecule has 7 nitrogen and oxygen atoms in total. The third-order valence-corrected chi connectivity index (χ3v) is 5.04. The van der Waals surface area contributed by atoms with Crippen molar-refractivity contribution in [3.63, 3.8) is 0 Å². The van der Waals surface area contributed by atoms with Crippen molar-refractivity contribution in [2.45, 2.75) is 5.22 Å². The summed E-state index contributed by atoms with van der Waals surface area (Å²) in [7, 11) is 1.53. The fraction of sp³-hybridized carbons (Fsp3) is 0.105. The summed E-state index contributed by atoms with van der Waals surface area (Å²) in [5.41, 5.74) is 2.31. The van der Waals surface area contributed by atoms with Gasteiger partial charge in [-0.3, -0.25) is 4.79 Å². The van der Waals surface area contributed by atoms with Gasteiger partial charge in [0, 0.05) is 22.1 Å². The molecule has 2 aromatic carbocycles. The van der Waals surface area contributed by atoms with Crippen LogP contribution in [0, 0.1) is 0 Å². The van der Waals surface area contributed by atoms with Gasteiger partial charge in [0.05, 0.1) is 24.1 Å². The molecule has 9 heteroatoms. The summed E-state index contributed by atoms with van der Waals surface area (Å²) in [4.78, 5) is 15.4. The van der Waals surface area contributed by atoms with Crippen LogP contribution in [0.2, 0.25) is 5.02 Å². The molecule has 0 unspecified atom stereocenters. The zero-order valence-electron chi connectivity index (χ0n) is 14.7. The minimum absolute atomic E-state index is 0.102. The molecule has 0 aliphatic rings. The number of thioether (sulfide) groups is 1. The number of carbonyl (C=O) groups is 1. The number of para-hydroxylation sites is 1. The highest BCUT2D eigenvalue weighted by Gasteiger charge is 2.15. The number of hydrogen-bond donors (Lipinski definition) is 2. The Kier molecular flexibility index (Phi) is 5.23. The first-order valence-corrected chi connectivity index (χ1v) is 9.66. The van der Waals surface area contributed by atoms with Crippen molar-refractivity contribution in [1.82, 2.24) is 15.2 Å². The van der Waals surface area contributed by atoms with E-state index in [1.54, 1.807) is 18.2 Å². The highest BCUT2D eigenvalue weighted by atomic mass is 35.5. The molecule has 0 spiro atoms. The van der Waals surface area contributed by atoms with Crippen molar-refractivity contribution in [2.24, 2.45) is 0 Å². The smallest absolute Gasteiger partial charge is 0.277 e. The highest BCUT2D eigenvalue weighted by molar-refractivity contribution is 7.99. The summed E-state index contributed by atoms with van der Waals surface area (Å²) in [6, 6.07) is 12.9. The second kappa shape index (κ2) is 7.95. The van der Waals surface area contributed by atoms with Crippen molar-refractivity contribution in [3.8, 4) is 17.2 Å². The topological polar surface area (TPSA) is 93.0 Å². The Balaban J connectivity index is 1.42. The number of ether oxygens (including phenoxy) is 1. The second-order valence-electron chi connectivity index (χ2n) is 5.80. The highest BCUT2D eigenvalue weighted by Crippen LogP contribution is 2.30. The maximum atomic E-state index is 12.3. The molecular formula is C19H15ClN4O3S. The first-order valence-electron chi connectivity index (χ1n) is 8.30. The van der Waals surface area contributed by atoms with Gasteiger partial charge in [0.15, 0.2) is 0 Å². The van der Waals surface area contributed by atoms with E-state index in [0.29, 0.717) is 27.6 Å². The van der Waals surface area contributed by atoms with Crippen molar-refractivity contribution < 1.29 is 13.9 Å². The SMILES string of the molecule is COc1ccc(Cl)cc1NC(=O)CSc1nnc(-c2c[nH]c3ccccc23)o1. The zero-order chi connectivity index (χ0) is 19.5. The number of fused-ring (bicyclic) bond motifs is 1. The average Bonchev–Trinajstić information content (AvgIpc) is 3.33. The van der Waals surface area contributed by atoms with Gasteiger partial charge in [-0.05, 0) is 24.3 Å². The number of H-pyrrole nitrogens is 1. The molecule has 0 fully saturated rings.